The molecule has 0 saturated heterocycles. The highest BCUT2D eigenvalue weighted by molar-refractivity contribution is 5.86. The molecule has 0 unspecified atom stereocenters. The molecule has 0 aromatic heterocycles. The minimum absolute atomic E-state index is 0.0401. The maximum absolute atomic E-state index is 11.9. The largest absolute Gasteiger partial charge is 0.390 e. The highest BCUT2D eigenvalue weighted by atomic mass is 16.3. The fourth-order valence-corrected chi connectivity index (χ4v) is 4.49. The van der Waals surface area contributed by atoms with Crippen LogP contribution in [0.25, 0.3) is 0 Å². The average molecular weight is 210 g/mol. The monoisotopic (exact) mass is 210 g/mol. The number of carbonyl (C=O) groups is 1. The molecule has 3 fully saturated rings. The summed E-state index contributed by atoms with van der Waals surface area (Å²) >= 11 is 0. The molecule has 0 aliphatic heterocycles. The van der Waals surface area contributed by atoms with Crippen molar-refractivity contribution >= 4 is 5.78 Å². The van der Waals surface area contributed by atoms with Crippen molar-refractivity contribution in [3.05, 3.63) is 0 Å². The standard InChI is InChI=1S/C12H18O3/c1-12-4-6-2-9(14)11(12)7(6)3-8(13)10(15)5-12/h6-8,10-11,13,15H,2-5H2,1H3/t6-,7-,8-,10+,11+,12+/m1/s1. The molecule has 15 heavy (non-hydrogen) atoms. The van der Waals surface area contributed by atoms with Gasteiger partial charge in [-0.15, -0.1) is 0 Å². The number of aliphatic hydroxyl groups excluding tert-OH is 2. The molecule has 0 radical (unpaired) electrons. The molecule has 3 aliphatic rings. The summed E-state index contributed by atoms with van der Waals surface area (Å²) in [6, 6.07) is 0. The lowest BCUT2D eigenvalue weighted by Crippen LogP contribution is -2.36. The maximum Gasteiger partial charge on any atom is 0.137 e. The van der Waals surface area contributed by atoms with Crippen LogP contribution < -0.4 is 0 Å². The summed E-state index contributed by atoms with van der Waals surface area (Å²) in [5.74, 6) is 1.32. The summed E-state index contributed by atoms with van der Waals surface area (Å²) in [5.41, 5.74) is -0.0401. The van der Waals surface area contributed by atoms with Gasteiger partial charge in [0.15, 0.2) is 0 Å². The normalized spacial score (nSPS) is 58.3. The SMILES string of the molecule is C[C@@]12C[C@H]3CC(=O)[C@@H]1[C@@H]3C[C@@H](O)[C@@H](O)C2. The van der Waals surface area contributed by atoms with Crippen LogP contribution >= 0.6 is 0 Å². The molecule has 3 saturated carbocycles. The summed E-state index contributed by atoms with van der Waals surface area (Å²) in [6.07, 6.45) is 1.75. The fourth-order valence-electron chi connectivity index (χ4n) is 4.49. The fraction of sp³-hybridized carbons (Fsp3) is 0.917. The first kappa shape index (κ1) is 9.79. The summed E-state index contributed by atoms with van der Waals surface area (Å²) in [7, 11) is 0. The molecule has 3 nitrogen and oxygen atoms in total. The van der Waals surface area contributed by atoms with E-state index in [9.17, 15) is 15.0 Å². The Morgan fingerprint density at radius 2 is 2.00 bits per heavy atom. The molecule has 2 N–H and O–H groups in total. The smallest absolute Gasteiger partial charge is 0.137 e. The highest BCUT2D eigenvalue weighted by Crippen LogP contribution is 2.62. The van der Waals surface area contributed by atoms with Crippen molar-refractivity contribution in [2.24, 2.45) is 23.2 Å². The van der Waals surface area contributed by atoms with Gasteiger partial charge in [0.05, 0.1) is 12.2 Å². The molecule has 3 heteroatoms. The summed E-state index contributed by atoms with van der Waals surface area (Å²) in [5, 5.41) is 19.6. The zero-order valence-electron chi connectivity index (χ0n) is 9.02. The summed E-state index contributed by atoms with van der Waals surface area (Å²) in [6.45, 7) is 2.11. The third-order valence-corrected chi connectivity index (χ3v) is 4.96. The Hall–Kier alpha value is -0.410. The van der Waals surface area contributed by atoms with Crippen LogP contribution in [0.5, 0.6) is 0 Å². The van der Waals surface area contributed by atoms with Crippen LogP contribution in [0.3, 0.4) is 0 Å². The molecule has 3 aliphatic carbocycles. The first-order valence-corrected chi connectivity index (χ1v) is 5.90. The van der Waals surface area contributed by atoms with Crippen molar-refractivity contribution in [2.75, 3.05) is 0 Å². The van der Waals surface area contributed by atoms with E-state index in [-0.39, 0.29) is 11.3 Å². The van der Waals surface area contributed by atoms with Gasteiger partial charge in [0.2, 0.25) is 0 Å². The Balaban J connectivity index is 1.99. The Morgan fingerprint density at radius 1 is 1.27 bits per heavy atom. The summed E-state index contributed by atoms with van der Waals surface area (Å²) in [4.78, 5) is 11.9. The second-order valence-electron chi connectivity index (χ2n) is 6.00. The van der Waals surface area contributed by atoms with Crippen molar-refractivity contribution < 1.29 is 15.0 Å². The molecule has 0 aromatic rings. The lowest BCUT2D eigenvalue weighted by Gasteiger charge is -2.34. The van der Waals surface area contributed by atoms with E-state index < -0.39 is 12.2 Å². The van der Waals surface area contributed by atoms with E-state index >= 15 is 0 Å². The van der Waals surface area contributed by atoms with Gasteiger partial charge in [-0.2, -0.15) is 0 Å². The van der Waals surface area contributed by atoms with Crippen molar-refractivity contribution in [1.29, 1.82) is 0 Å². The highest BCUT2D eigenvalue weighted by Gasteiger charge is 2.61. The third-order valence-electron chi connectivity index (χ3n) is 4.96. The van der Waals surface area contributed by atoms with E-state index in [1.54, 1.807) is 0 Å². The molecular formula is C12H18O3. The predicted molar refractivity (Wildman–Crippen MR) is 54.1 cm³/mol. The topological polar surface area (TPSA) is 57.5 Å². The molecule has 0 heterocycles. The first-order valence-electron chi connectivity index (χ1n) is 5.90. The van der Waals surface area contributed by atoms with Gasteiger partial charge in [-0.25, -0.2) is 0 Å². The van der Waals surface area contributed by atoms with Crippen molar-refractivity contribution in [3.63, 3.8) is 0 Å². The van der Waals surface area contributed by atoms with E-state index in [0.29, 0.717) is 36.9 Å². The van der Waals surface area contributed by atoms with Gasteiger partial charge in [-0.3, -0.25) is 4.79 Å². The second-order valence-corrected chi connectivity index (χ2v) is 6.00. The van der Waals surface area contributed by atoms with Crippen LogP contribution in [0, 0.1) is 23.2 Å². The molecule has 0 aromatic carbocycles. The van der Waals surface area contributed by atoms with E-state index in [1.807, 2.05) is 0 Å². The van der Waals surface area contributed by atoms with Gasteiger partial charge in [0.25, 0.3) is 0 Å². The van der Waals surface area contributed by atoms with E-state index in [4.69, 9.17) is 0 Å². The van der Waals surface area contributed by atoms with Crippen molar-refractivity contribution in [1.82, 2.24) is 0 Å². The van der Waals surface area contributed by atoms with Gasteiger partial charge < -0.3 is 10.2 Å². The minimum Gasteiger partial charge on any atom is -0.390 e. The van der Waals surface area contributed by atoms with Crippen LogP contribution in [0.4, 0.5) is 0 Å². The number of aliphatic hydroxyl groups is 2. The maximum atomic E-state index is 11.9. The van der Waals surface area contributed by atoms with Crippen LogP contribution in [0.2, 0.25) is 0 Å². The Bertz CT molecular complexity index is 314. The molecule has 3 rings (SSSR count). The van der Waals surface area contributed by atoms with Gasteiger partial charge in [0.1, 0.15) is 5.78 Å². The summed E-state index contributed by atoms with van der Waals surface area (Å²) < 4.78 is 0. The second kappa shape index (κ2) is 2.83. The van der Waals surface area contributed by atoms with Crippen LogP contribution in [-0.4, -0.2) is 28.2 Å². The number of rotatable bonds is 0. The molecular weight excluding hydrogens is 192 g/mol. The van der Waals surface area contributed by atoms with Crippen molar-refractivity contribution in [2.45, 2.75) is 44.8 Å². The van der Waals surface area contributed by atoms with E-state index in [2.05, 4.69) is 6.92 Å². The van der Waals surface area contributed by atoms with Gasteiger partial charge in [-0.1, -0.05) is 6.92 Å². The Morgan fingerprint density at radius 3 is 2.73 bits per heavy atom. The Labute approximate surface area is 89.5 Å². The zero-order chi connectivity index (χ0) is 10.8. The molecule has 4 bridgehead atoms. The minimum atomic E-state index is -0.630. The third kappa shape index (κ3) is 1.16. The first-order chi connectivity index (χ1) is 7.01. The number of carbonyl (C=O) groups excluding carboxylic acids is 1. The van der Waals surface area contributed by atoms with E-state index in [0.717, 1.165) is 6.42 Å². The van der Waals surface area contributed by atoms with Gasteiger partial charge in [0, 0.05) is 12.3 Å². The number of hydrogen-bond acceptors (Lipinski definition) is 3. The lowest BCUT2D eigenvalue weighted by molar-refractivity contribution is -0.126. The lowest BCUT2D eigenvalue weighted by atomic mass is 9.71. The van der Waals surface area contributed by atoms with Gasteiger partial charge >= 0.3 is 0 Å². The van der Waals surface area contributed by atoms with Crippen LogP contribution in [0.15, 0.2) is 0 Å². The number of Topliss-reactive ketones (excluding diaryl/α,β-unsaturated/α-hetero) is 1. The predicted octanol–water partition coefficient (Wildman–Crippen LogP) is 0.733. The molecule has 6 atom stereocenters. The zero-order valence-corrected chi connectivity index (χ0v) is 9.02. The quantitative estimate of drug-likeness (QED) is 0.620. The van der Waals surface area contributed by atoms with Gasteiger partial charge in [-0.05, 0) is 36.5 Å². The van der Waals surface area contributed by atoms with Crippen LogP contribution in [-0.2, 0) is 4.79 Å². The van der Waals surface area contributed by atoms with Crippen LogP contribution in [0.1, 0.15) is 32.6 Å². The molecule has 84 valence electrons. The molecule has 0 spiro atoms. The average Bonchev–Trinajstić information content (AvgIpc) is 2.50. The molecule has 0 amide bonds. The Kier molecular flexibility index (Phi) is 1.85. The van der Waals surface area contributed by atoms with E-state index in [1.165, 1.54) is 0 Å². The number of hydrogen-bond donors (Lipinski definition) is 2. The number of ketones is 1. The van der Waals surface area contributed by atoms with Crippen molar-refractivity contribution in [3.8, 4) is 0 Å².